The summed E-state index contributed by atoms with van der Waals surface area (Å²) in [7, 11) is 1.32. The van der Waals surface area contributed by atoms with Gasteiger partial charge in [0.05, 0.1) is 28.8 Å². The molecule has 0 fully saturated rings. The van der Waals surface area contributed by atoms with Crippen molar-refractivity contribution in [2.75, 3.05) is 7.11 Å². The molecule has 0 radical (unpaired) electrons. The number of phenolic OH excluding ortho intramolecular Hbond substituents is 1. The maximum Gasteiger partial charge on any atom is 0.336 e. The normalized spacial score (nSPS) is 16.8. The summed E-state index contributed by atoms with van der Waals surface area (Å²) in [6.07, 6.45) is 2.95. The predicted octanol–water partition coefficient (Wildman–Crippen LogP) is 4.68. The molecule has 1 atom stereocenters. The number of phenols is 1. The molecule has 1 aliphatic carbocycles. The van der Waals surface area contributed by atoms with Gasteiger partial charge in [0, 0.05) is 11.5 Å². The number of nitrogens with zero attached hydrogens (tertiary/aromatic N) is 2. The Labute approximate surface area is 177 Å². The lowest BCUT2D eigenvalue weighted by atomic mass is 9.80. The average Bonchev–Trinajstić information content (AvgIpc) is 2.72. The Morgan fingerprint density at radius 3 is 2.71 bits per heavy atom. The number of carbonyl (C=O) groups is 1. The number of methoxy groups -OCH3 is 1. The van der Waals surface area contributed by atoms with Gasteiger partial charge >= 0.3 is 11.7 Å². The molecule has 1 aliphatic rings. The molecule has 1 unspecified atom stereocenters. The Morgan fingerprint density at radius 1 is 1.29 bits per heavy atom. The summed E-state index contributed by atoms with van der Waals surface area (Å²) in [5.74, 6) is -1.40. The first kappa shape index (κ1) is 20.3. The van der Waals surface area contributed by atoms with Gasteiger partial charge in [-0.2, -0.15) is 0 Å². The molecule has 2 aromatic carbocycles. The second-order valence-electron chi connectivity index (χ2n) is 7.67. The maximum atomic E-state index is 12.1. The third kappa shape index (κ3) is 3.56. The van der Waals surface area contributed by atoms with Gasteiger partial charge in [-0.15, -0.1) is 0 Å². The van der Waals surface area contributed by atoms with E-state index in [0.717, 1.165) is 5.57 Å². The molecule has 0 saturated carbocycles. The summed E-state index contributed by atoms with van der Waals surface area (Å²) >= 11 is 0. The Balaban J connectivity index is 1.97. The van der Waals surface area contributed by atoms with Crippen LogP contribution in [-0.4, -0.2) is 33.2 Å². The Kier molecular flexibility index (Phi) is 5.06. The van der Waals surface area contributed by atoms with Gasteiger partial charge in [-0.25, -0.2) is 9.78 Å². The van der Waals surface area contributed by atoms with Crippen molar-refractivity contribution < 1.29 is 24.7 Å². The molecule has 2 N–H and O–H groups in total. The number of pyridine rings is 1. The number of nitro groups is 1. The minimum absolute atomic E-state index is 0.0113. The highest BCUT2D eigenvalue weighted by Crippen LogP contribution is 2.41. The van der Waals surface area contributed by atoms with Crippen LogP contribution >= 0.6 is 0 Å². The molecule has 0 saturated heterocycles. The second kappa shape index (κ2) is 7.71. The van der Waals surface area contributed by atoms with Crippen molar-refractivity contribution in [3.05, 3.63) is 68.9 Å². The number of benzene rings is 2. The molecule has 8 heteroatoms. The van der Waals surface area contributed by atoms with Gasteiger partial charge < -0.3 is 14.9 Å². The van der Waals surface area contributed by atoms with E-state index in [9.17, 15) is 25.1 Å². The van der Waals surface area contributed by atoms with E-state index < -0.39 is 22.3 Å². The number of aromatic hydroxyl groups is 1. The van der Waals surface area contributed by atoms with Crippen LogP contribution in [0, 0.1) is 16.0 Å². The summed E-state index contributed by atoms with van der Waals surface area (Å²) < 4.78 is 5.09. The van der Waals surface area contributed by atoms with Crippen LogP contribution in [0.4, 0.5) is 5.69 Å². The lowest BCUT2D eigenvalue weighted by Crippen LogP contribution is -2.17. The molecular formula is C23H20N2O6. The summed E-state index contributed by atoms with van der Waals surface area (Å²) in [5.41, 5.74) is 2.85. The van der Waals surface area contributed by atoms with Crippen molar-refractivity contribution >= 4 is 34.2 Å². The molecule has 0 bridgehead atoms. The lowest BCUT2D eigenvalue weighted by molar-refractivity contribution is -0.386. The van der Waals surface area contributed by atoms with Gasteiger partial charge in [0.1, 0.15) is 0 Å². The van der Waals surface area contributed by atoms with Crippen LogP contribution < -0.4 is 4.74 Å². The van der Waals surface area contributed by atoms with E-state index in [1.807, 2.05) is 6.92 Å². The molecule has 1 aromatic heterocycles. The van der Waals surface area contributed by atoms with E-state index in [1.54, 1.807) is 30.3 Å². The van der Waals surface area contributed by atoms with E-state index in [4.69, 9.17) is 9.72 Å². The number of fused-ring (bicyclic) bond motifs is 2. The van der Waals surface area contributed by atoms with Gasteiger partial charge in [-0.05, 0) is 53.7 Å². The Bertz CT molecular complexity index is 1260. The molecular weight excluding hydrogens is 400 g/mol. The lowest BCUT2D eigenvalue weighted by Gasteiger charge is -2.26. The van der Waals surface area contributed by atoms with Gasteiger partial charge in [0.2, 0.25) is 5.75 Å². The summed E-state index contributed by atoms with van der Waals surface area (Å²) in [6.45, 7) is 2.03. The van der Waals surface area contributed by atoms with E-state index >= 15 is 0 Å². The predicted molar refractivity (Wildman–Crippen MR) is 115 cm³/mol. The standard InChI is InChI=1S/C23H20N2O6/c1-12-7-14(9-13-10-18(25(29)30)22(26)19(11-13)31-2)21-16(8-12)20(23(27)28)15-5-3-4-6-17(15)24-21/h3-6,9-12,26H,7-8H2,1-2H3,(H,27,28)/b14-9+. The van der Waals surface area contributed by atoms with Gasteiger partial charge in [0.15, 0.2) is 5.75 Å². The Hall–Kier alpha value is -3.94. The smallest absolute Gasteiger partial charge is 0.336 e. The Morgan fingerprint density at radius 2 is 2.03 bits per heavy atom. The monoisotopic (exact) mass is 420 g/mol. The topological polar surface area (TPSA) is 123 Å². The van der Waals surface area contributed by atoms with Crippen molar-refractivity contribution in [2.24, 2.45) is 5.92 Å². The van der Waals surface area contributed by atoms with Crippen molar-refractivity contribution in [3.8, 4) is 11.5 Å². The SMILES string of the molecule is COc1cc(/C=C2\CC(C)Cc3c2nc2ccccc2c3C(=O)O)cc([N+](=O)[O-])c1O. The molecule has 0 spiro atoms. The third-order valence-electron chi connectivity index (χ3n) is 5.47. The fraction of sp³-hybridized carbons (Fsp3) is 0.217. The van der Waals surface area contributed by atoms with Gasteiger partial charge in [-0.3, -0.25) is 10.1 Å². The van der Waals surface area contributed by atoms with Crippen LogP contribution in [0.3, 0.4) is 0 Å². The summed E-state index contributed by atoms with van der Waals surface area (Å²) in [6, 6.07) is 9.88. The van der Waals surface area contributed by atoms with Crippen LogP contribution in [0.15, 0.2) is 36.4 Å². The van der Waals surface area contributed by atoms with Crippen LogP contribution in [0.25, 0.3) is 22.6 Å². The quantitative estimate of drug-likeness (QED) is 0.464. The zero-order chi connectivity index (χ0) is 22.3. The second-order valence-corrected chi connectivity index (χ2v) is 7.67. The maximum absolute atomic E-state index is 12.1. The van der Waals surface area contributed by atoms with Crippen molar-refractivity contribution in [1.82, 2.24) is 4.98 Å². The van der Waals surface area contributed by atoms with Crippen LogP contribution in [0.2, 0.25) is 0 Å². The fourth-order valence-corrected chi connectivity index (χ4v) is 4.17. The van der Waals surface area contributed by atoms with E-state index in [0.29, 0.717) is 40.6 Å². The number of aromatic carboxylic acids is 1. The molecule has 4 rings (SSSR count). The summed E-state index contributed by atoms with van der Waals surface area (Å²) in [5, 5.41) is 31.9. The number of aromatic nitrogens is 1. The molecule has 3 aromatic rings. The minimum Gasteiger partial charge on any atom is -0.500 e. The van der Waals surface area contributed by atoms with Crippen molar-refractivity contribution in [2.45, 2.75) is 19.8 Å². The molecule has 0 amide bonds. The molecule has 158 valence electrons. The molecule has 1 heterocycles. The number of carboxylic acid groups (broad SMARTS) is 1. The van der Waals surface area contributed by atoms with Crippen molar-refractivity contribution in [3.63, 3.8) is 0 Å². The highest BCUT2D eigenvalue weighted by molar-refractivity contribution is 6.06. The number of ether oxygens (including phenoxy) is 1. The largest absolute Gasteiger partial charge is 0.500 e. The number of carboxylic acids is 1. The number of nitro benzene ring substituents is 1. The minimum atomic E-state index is -1.01. The highest BCUT2D eigenvalue weighted by Gasteiger charge is 2.28. The van der Waals surface area contributed by atoms with Gasteiger partial charge in [0.25, 0.3) is 0 Å². The first-order valence-electron chi connectivity index (χ1n) is 9.71. The number of allylic oxidation sites excluding steroid dienone is 1. The zero-order valence-corrected chi connectivity index (χ0v) is 17.0. The number of hydrogen-bond acceptors (Lipinski definition) is 6. The first-order chi connectivity index (χ1) is 14.8. The number of hydrogen-bond donors (Lipinski definition) is 2. The number of para-hydroxylation sites is 1. The number of rotatable bonds is 4. The van der Waals surface area contributed by atoms with Crippen LogP contribution in [0.5, 0.6) is 11.5 Å². The zero-order valence-electron chi connectivity index (χ0n) is 17.0. The third-order valence-corrected chi connectivity index (χ3v) is 5.47. The van der Waals surface area contributed by atoms with E-state index in [2.05, 4.69) is 0 Å². The highest BCUT2D eigenvalue weighted by atomic mass is 16.6. The fourth-order valence-electron chi connectivity index (χ4n) is 4.17. The average molecular weight is 420 g/mol. The van der Waals surface area contributed by atoms with Gasteiger partial charge in [-0.1, -0.05) is 25.1 Å². The van der Waals surface area contributed by atoms with Crippen LogP contribution in [0.1, 0.15) is 40.5 Å². The molecule has 8 nitrogen and oxygen atoms in total. The summed E-state index contributed by atoms with van der Waals surface area (Å²) in [4.78, 5) is 27.5. The van der Waals surface area contributed by atoms with Crippen LogP contribution in [-0.2, 0) is 6.42 Å². The van der Waals surface area contributed by atoms with Crippen molar-refractivity contribution in [1.29, 1.82) is 0 Å². The van der Waals surface area contributed by atoms with E-state index in [1.165, 1.54) is 19.2 Å². The first-order valence-corrected chi connectivity index (χ1v) is 9.71. The van der Waals surface area contributed by atoms with E-state index in [-0.39, 0.29) is 17.2 Å². The molecule has 31 heavy (non-hydrogen) atoms. The molecule has 0 aliphatic heterocycles.